The van der Waals surface area contributed by atoms with Crippen LogP contribution in [0.4, 0.5) is 4.39 Å². The summed E-state index contributed by atoms with van der Waals surface area (Å²) in [6.07, 6.45) is 0. The minimum absolute atomic E-state index is 0.230. The zero-order valence-corrected chi connectivity index (χ0v) is 8.68. The van der Waals surface area contributed by atoms with Crippen LogP contribution < -0.4 is 0 Å². The Bertz CT molecular complexity index is 482. The van der Waals surface area contributed by atoms with E-state index in [4.69, 9.17) is 0 Å². The van der Waals surface area contributed by atoms with Gasteiger partial charge in [0.25, 0.3) is 0 Å². The highest BCUT2D eigenvalue weighted by atomic mass is 32.1. The number of hydrogen-bond donors (Lipinski definition) is 1. The Morgan fingerprint density at radius 1 is 1.36 bits per heavy atom. The lowest BCUT2D eigenvalue weighted by Gasteiger charge is -2.05. The average Bonchev–Trinajstić information content (AvgIpc) is 2.17. The van der Waals surface area contributed by atoms with Crippen LogP contribution in [0.25, 0.3) is 10.9 Å². The first kappa shape index (κ1) is 9.46. The van der Waals surface area contributed by atoms with Crippen molar-refractivity contribution in [2.24, 2.45) is 0 Å². The largest absolute Gasteiger partial charge is 0.253 e. The van der Waals surface area contributed by atoms with Crippen LogP contribution in [-0.2, 0) is 5.75 Å². The molecule has 0 amide bonds. The molecule has 0 saturated carbocycles. The molecular weight excluding hydrogens is 197 g/mol. The smallest absolute Gasteiger partial charge is 0.123 e. The van der Waals surface area contributed by atoms with Gasteiger partial charge in [-0.05, 0) is 36.8 Å². The molecule has 0 saturated heterocycles. The second-order valence-corrected chi connectivity index (χ2v) is 3.56. The summed E-state index contributed by atoms with van der Waals surface area (Å²) in [6, 6.07) is 6.57. The maximum Gasteiger partial charge on any atom is 0.123 e. The molecule has 2 aromatic rings. The Morgan fingerprint density at radius 2 is 2.14 bits per heavy atom. The second kappa shape index (κ2) is 3.58. The van der Waals surface area contributed by atoms with Gasteiger partial charge in [0.1, 0.15) is 5.82 Å². The molecule has 72 valence electrons. The number of nitrogens with zero attached hydrogens (tertiary/aromatic N) is 1. The Morgan fingerprint density at radius 3 is 2.86 bits per heavy atom. The van der Waals surface area contributed by atoms with E-state index >= 15 is 0 Å². The normalized spacial score (nSPS) is 10.8. The van der Waals surface area contributed by atoms with Gasteiger partial charge in [-0.2, -0.15) is 12.6 Å². The van der Waals surface area contributed by atoms with E-state index in [1.807, 2.05) is 13.0 Å². The number of fused-ring (bicyclic) bond motifs is 1. The zero-order chi connectivity index (χ0) is 10.1. The molecule has 0 aliphatic heterocycles. The molecular formula is C11H10FNS. The molecule has 14 heavy (non-hydrogen) atoms. The van der Waals surface area contributed by atoms with Gasteiger partial charge < -0.3 is 0 Å². The van der Waals surface area contributed by atoms with E-state index in [1.165, 1.54) is 12.1 Å². The summed E-state index contributed by atoms with van der Waals surface area (Å²) >= 11 is 4.22. The van der Waals surface area contributed by atoms with E-state index in [2.05, 4.69) is 17.6 Å². The van der Waals surface area contributed by atoms with Crippen LogP contribution in [0, 0.1) is 12.7 Å². The SMILES string of the molecule is Cc1cc(CS)c2cc(F)ccc2n1. The minimum Gasteiger partial charge on any atom is -0.253 e. The number of aryl methyl sites for hydroxylation is 1. The van der Waals surface area contributed by atoms with Crippen LogP contribution in [0.5, 0.6) is 0 Å². The number of rotatable bonds is 1. The van der Waals surface area contributed by atoms with Crippen LogP contribution in [-0.4, -0.2) is 4.98 Å². The topological polar surface area (TPSA) is 12.9 Å². The van der Waals surface area contributed by atoms with E-state index < -0.39 is 0 Å². The first-order valence-corrected chi connectivity index (χ1v) is 5.00. The van der Waals surface area contributed by atoms with Gasteiger partial charge >= 0.3 is 0 Å². The number of hydrogen-bond acceptors (Lipinski definition) is 2. The molecule has 0 aliphatic carbocycles. The van der Waals surface area contributed by atoms with Crippen LogP contribution in [0.15, 0.2) is 24.3 Å². The van der Waals surface area contributed by atoms with Crippen molar-refractivity contribution in [1.29, 1.82) is 0 Å². The third kappa shape index (κ3) is 1.60. The van der Waals surface area contributed by atoms with Gasteiger partial charge in [-0.3, -0.25) is 4.98 Å². The van der Waals surface area contributed by atoms with Gasteiger partial charge in [-0.1, -0.05) is 0 Å². The highest BCUT2D eigenvalue weighted by Crippen LogP contribution is 2.20. The molecule has 0 fully saturated rings. The van der Waals surface area contributed by atoms with Crippen molar-refractivity contribution in [2.45, 2.75) is 12.7 Å². The fraction of sp³-hybridized carbons (Fsp3) is 0.182. The van der Waals surface area contributed by atoms with Crippen molar-refractivity contribution in [3.63, 3.8) is 0 Å². The van der Waals surface area contributed by atoms with E-state index in [0.717, 1.165) is 22.2 Å². The number of benzene rings is 1. The van der Waals surface area contributed by atoms with Crippen LogP contribution >= 0.6 is 12.6 Å². The highest BCUT2D eigenvalue weighted by molar-refractivity contribution is 7.79. The maximum atomic E-state index is 13.0. The standard InChI is InChI=1S/C11H10FNS/c1-7-4-8(6-14)10-5-9(12)2-3-11(10)13-7/h2-5,14H,6H2,1H3. The Labute approximate surface area is 87.4 Å². The van der Waals surface area contributed by atoms with Crippen molar-refractivity contribution >= 4 is 23.5 Å². The van der Waals surface area contributed by atoms with Gasteiger partial charge in [-0.25, -0.2) is 4.39 Å². The van der Waals surface area contributed by atoms with E-state index in [9.17, 15) is 4.39 Å². The molecule has 0 unspecified atom stereocenters. The molecule has 0 spiro atoms. The van der Waals surface area contributed by atoms with Crippen molar-refractivity contribution in [3.8, 4) is 0 Å². The third-order valence-electron chi connectivity index (χ3n) is 2.15. The maximum absolute atomic E-state index is 13.0. The quantitative estimate of drug-likeness (QED) is 0.709. The van der Waals surface area contributed by atoms with Gasteiger partial charge in [0, 0.05) is 16.8 Å². The molecule has 1 aromatic carbocycles. The molecule has 1 heterocycles. The predicted molar refractivity (Wildman–Crippen MR) is 59.1 cm³/mol. The molecule has 0 atom stereocenters. The summed E-state index contributed by atoms with van der Waals surface area (Å²) in [4.78, 5) is 4.32. The molecule has 0 bridgehead atoms. The van der Waals surface area contributed by atoms with Crippen molar-refractivity contribution in [3.05, 3.63) is 41.3 Å². The summed E-state index contributed by atoms with van der Waals surface area (Å²) in [5.41, 5.74) is 2.79. The van der Waals surface area contributed by atoms with Crippen molar-refractivity contribution in [1.82, 2.24) is 4.98 Å². The number of pyridine rings is 1. The molecule has 0 aliphatic rings. The predicted octanol–water partition coefficient (Wildman–Crippen LogP) is 3.11. The van der Waals surface area contributed by atoms with Gasteiger partial charge in [-0.15, -0.1) is 0 Å². The number of aromatic nitrogens is 1. The minimum atomic E-state index is -0.230. The number of halogens is 1. The molecule has 3 heteroatoms. The van der Waals surface area contributed by atoms with Crippen LogP contribution in [0.3, 0.4) is 0 Å². The van der Waals surface area contributed by atoms with E-state index in [1.54, 1.807) is 6.07 Å². The van der Waals surface area contributed by atoms with E-state index in [-0.39, 0.29) is 5.82 Å². The van der Waals surface area contributed by atoms with Gasteiger partial charge in [0.15, 0.2) is 0 Å². The summed E-state index contributed by atoms with van der Waals surface area (Å²) in [6.45, 7) is 1.93. The lowest BCUT2D eigenvalue weighted by atomic mass is 10.1. The summed E-state index contributed by atoms with van der Waals surface area (Å²) < 4.78 is 13.0. The second-order valence-electron chi connectivity index (χ2n) is 3.24. The first-order valence-electron chi connectivity index (χ1n) is 4.37. The Balaban J connectivity index is 2.81. The van der Waals surface area contributed by atoms with Gasteiger partial charge in [0.05, 0.1) is 5.52 Å². The fourth-order valence-electron chi connectivity index (χ4n) is 1.55. The van der Waals surface area contributed by atoms with Gasteiger partial charge in [0.2, 0.25) is 0 Å². The monoisotopic (exact) mass is 207 g/mol. The average molecular weight is 207 g/mol. The highest BCUT2D eigenvalue weighted by Gasteiger charge is 2.03. The first-order chi connectivity index (χ1) is 6.70. The summed E-state index contributed by atoms with van der Waals surface area (Å²) in [5.74, 6) is 0.370. The molecule has 1 aromatic heterocycles. The van der Waals surface area contributed by atoms with Crippen molar-refractivity contribution in [2.75, 3.05) is 0 Å². The fourth-order valence-corrected chi connectivity index (χ4v) is 1.81. The summed E-state index contributed by atoms with van der Waals surface area (Å²) in [5, 5.41) is 0.852. The van der Waals surface area contributed by atoms with E-state index in [0.29, 0.717) is 5.75 Å². The van der Waals surface area contributed by atoms with Crippen LogP contribution in [0.1, 0.15) is 11.3 Å². The van der Waals surface area contributed by atoms with Crippen LogP contribution in [0.2, 0.25) is 0 Å². The molecule has 1 nitrogen and oxygen atoms in total. The zero-order valence-electron chi connectivity index (χ0n) is 7.79. The molecule has 2 rings (SSSR count). The number of thiol groups is 1. The third-order valence-corrected chi connectivity index (χ3v) is 2.50. The Kier molecular flexibility index (Phi) is 2.42. The lowest BCUT2D eigenvalue weighted by molar-refractivity contribution is 0.629. The summed E-state index contributed by atoms with van der Waals surface area (Å²) in [7, 11) is 0. The van der Waals surface area contributed by atoms with Crippen molar-refractivity contribution < 1.29 is 4.39 Å². The Hall–Kier alpha value is -1.09. The lowest BCUT2D eigenvalue weighted by Crippen LogP contribution is -1.90. The molecule has 0 radical (unpaired) electrons. The molecule has 0 N–H and O–H groups in total.